The standard InChI is InChI=1S/C17H21N3O2/c1-3-9-19-17(21)13-10-15(12-18-11-13)20-14-5-7-16(8-6-14)22-4-2/h5-8,10-12,20H,3-4,9H2,1-2H3,(H,19,21). The molecule has 0 radical (unpaired) electrons. The number of carbonyl (C=O) groups excluding carboxylic acids is 1. The second-order valence-electron chi connectivity index (χ2n) is 4.80. The molecule has 1 amide bonds. The number of ether oxygens (including phenoxy) is 1. The number of hydrogen-bond acceptors (Lipinski definition) is 4. The molecule has 22 heavy (non-hydrogen) atoms. The number of hydrogen-bond donors (Lipinski definition) is 2. The van der Waals surface area contributed by atoms with E-state index in [1.807, 2.05) is 38.1 Å². The molecular weight excluding hydrogens is 278 g/mol. The molecular formula is C17H21N3O2. The van der Waals surface area contributed by atoms with Gasteiger partial charge in [0.15, 0.2) is 0 Å². The van der Waals surface area contributed by atoms with Crippen LogP contribution in [0.5, 0.6) is 5.75 Å². The zero-order valence-electron chi connectivity index (χ0n) is 12.9. The number of rotatable bonds is 7. The molecule has 0 saturated heterocycles. The predicted octanol–water partition coefficient (Wildman–Crippen LogP) is 3.36. The van der Waals surface area contributed by atoms with Gasteiger partial charge in [-0.25, -0.2) is 0 Å². The second-order valence-corrected chi connectivity index (χ2v) is 4.80. The molecule has 0 bridgehead atoms. The molecule has 1 heterocycles. The lowest BCUT2D eigenvalue weighted by Gasteiger charge is -2.09. The maximum atomic E-state index is 11.9. The number of nitrogens with one attached hydrogen (secondary N) is 2. The van der Waals surface area contributed by atoms with Gasteiger partial charge in [-0.3, -0.25) is 9.78 Å². The number of pyridine rings is 1. The molecule has 5 nitrogen and oxygen atoms in total. The Labute approximate surface area is 130 Å². The fourth-order valence-electron chi connectivity index (χ4n) is 1.94. The van der Waals surface area contributed by atoms with Gasteiger partial charge in [-0.2, -0.15) is 0 Å². The summed E-state index contributed by atoms with van der Waals surface area (Å²) < 4.78 is 5.41. The van der Waals surface area contributed by atoms with Crippen molar-refractivity contribution in [2.45, 2.75) is 20.3 Å². The number of carbonyl (C=O) groups is 1. The van der Waals surface area contributed by atoms with E-state index in [1.165, 1.54) is 0 Å². The van der Waals surface area contributed by atoms with Gasteiger partial charge < -0.3 is 15.4 Å². The first-order valence-corrected chi connectivity index (χ1v) is 7.46. The van der Waals surface area contributed by atoms with E-state index >= 15 is 0 Å². The van der Waals surface area contributed by atoms with Crippen molar-refractivity contribution in [3.8, 4) is 5.75 Å². The van der Waals surface area contributed by atoms with E-state index in [9.17, 15) is 4.79 Å². The Morgan fingerprint density at radius 3 is 2.59 bits per heavy atom. The highest BCUT2D eigenvalue weighted by atomic mass is 16.5. The smallest absolute Gasteiger partial charge is 0.252 e. The van der Waals surface area contributed by atoms with Crippen LogP contribution < -0.4 is 15.4 Å². The zero-order valence-corrected chi connectivity index (χ0v) is 12.9. The lowest BCUT2D eigenvalue weighted by Crippen LogP contribution is -2.24. The van der Waals surface area contributed by atoms with Gasteiger partial charge in [0.05, 0.1) is 24.1 Å². The first-order valence-electron chi connectivity index (χ1n) is 7.46. The van der Waals surface area contributed by atoms with E-state index in [0.29, 0.717) is 18.7 Å². The van der Waals surface area contributed by atoms with Crippen LogP contribution in [0, 0.1) is 0 Å². The monoisotopic (exact) mass is 299 g/mol. The van der Waals surface area contributed by atoms with Gasteiger partial charge >= 0.3 is 0 Å². The SMILES string of the molecule is CCCNC(=O)c1cncc(Nc2ccc(OCC)cc2)c1. The molecule has 0 aliphatic heterocycles. The average molecular weight is 299 g/mol. The molecule has 1 aromatic carbocycles. The lowest BCUT2D eigenvalue weighted by molar-refractivity contribution is 0.0953. The van der Waals surface area contributed by atoms with E-state index in [1.54, 1.807) is 18.5 Å². The topological polar surface area (TPSA) is 63.2 Å². The summed E-state index contributed by atoms with van der Waals surface area (Å²) in [4.78, 5) is 16.0. The maximum Gasteiger partial charge on any atom is 0.252 e. The summed E-state index contributed by atoms with van der Waals surface area (Å²) in [5.41, 5.74) is 2.23. The fourth-order valence-corrected chi connectivity index (χ4v) is 1.94. The van der Waals surface area contributed by atoms with Crippen LogP contribution in [0.4, 0.5) is 11.4 Å². The Balaban J connectivity index is 2.04. The fraction of sp³-hybridized carbons (Fsp3) is 0.294. The minimum atomic E-state index is -0.107. The van der Waals surface area contributed by atoms with Crippen LogP contribution in [0.25, 0.3) is 0 Å². The number of nitrogens with zero attached hydrogens (tertiary/aromatic N) is 1. The van der Waals surface area contributed by atoms with Crippen LogP contribution >= 0.6 is 0 Å². The third-order valence-electron chi connectivity index (χ3n) is 2.99. The molecule has 0 unspecified atom stereocenters. The Kier molecular flexibility index (Phi) is 5.77. The van der Waals surface area contributed by atoms with Crippen molar-refractivity contribution in [1.82, 2.24) is 10.3 Å². The van der Waals surface area contributed by atoms with Gasteiger partial charge in [0.25, 0.3) is 5.91 Å². The minimum absolute atomic E-state index is 0.107. The number of amides is 1. The summed E-state index contributed by atoms with van der Waals surface area (Å²) in [6.07, 6.45) is 4.16. The second kappa shape index (κ2) is 8.02. The molecule has 0 aliphatic rings. The number of aromatic nitrogens is 1. The third kappa shape index (κ3) is 4.48. The van der Waals surface area contributed by atoms with Crippen molar-refractivity contribution in [3.63, 3.8) is 0 Å². The van der Waals surface area contributed by atoms with Gasteiger partial charge in [-0.1, -0.05) is 6.92 Å². The Hall–Kier alpha value is -2.56. The van der Waals surface area contributed by atoms with Gasteiger partial charge in [-0.05, 0) is 43.7 Å². The van der Waals surface area contributed by atoms with Crippen LogP contribution in [0.2, 0.25) is 0 Å². The number of benzene rings is 1. The van der Waals surface area contributed by atoms with E-state index in [0.717, 1.165) is 23.5 Å². The normalized spacial score (nSPS) is 10.1. The van der Waals surface area contributed by atoms with E-state index in [2.05, 4.69) is 15.6 Å². The van der Waals surface area contributed by atoms with E-state index < -0.39 is 0 Å². The van der Waals surface area contributed by atoms with Crippen molar-refractivity contribution < 1.29 is 9.53 Å². The average Bonchev–Trinajstić information content (AvgIpc) is 2.55. The molecule has 5 heteroatoms. The predicted molar refractivity (Wildman–Crippen MR) is 87.8 cm³/mol. The molecule has 0 atom stereocenters. The summed E-state index contributed by atoms with van der Waals surface area (Å²) >= 11 is 0. The van der Waals surface area contributed by atoms with Gasteiger partial charge in [-0.15, -0.1) is 0 Å². The first-order chi connectivity index (χ1) is 10.7. The molecule has 2 rings (SSSR count). The molecule has 0 saturated carbocycles. The summed E-state index contributed by atoms with van der Waals surface area (Å²) in [7, 11) is 0. The largest absolute Gasteiger partial charge is 0.494 e. The van der Waals surface area contributed by atoms with Crippen molar-refractivity contribution >= 4 is 17.3 Å². The van der Waals surface area contributed by atoms with Gasteiger partial charge in [0.2, 0.25) is 0 Å². The van der Waals surface area contributed by atoms with Crippen LogP contribution in [0.15, 0.2) is 42.7 Å². The highest BCUT2D eigenvalue weighted by Crippen LogP contribution is 2.20. The maximum absolute atomic E-state index is 11.9. The molecule has 0 spiro atoms. The zero-order chi connectivity index (χ0) is 15.8. The highest BCUT2D eigenvalue weighted by Gasteiger charge is 2.06. The first kappa shape index (κ1) is 15.8. The molecule has 0 aliphatic carbocycles. The molecule has 2 aromatic rings. The quantitative estimate of drug-likeness (QED) is 0.823. The molecule has 2 N–H and O–H groups in total. The third-order valence-corrected chi connectivity index (χ3v) is 2.99. The van der Waals surface area contributed by atoms with Crippen LogP contribution in [0.3, 0.4) is 0 Å². The summed E-state index contributed by atoms with van der Waals surface area (Å²) in [6, 6.07) is 9.44. The summed E-state index contributed by atoms with van der Waals surface area (Å²) in [6.45, 7) is 5.27. The molecule has 116 valence electrons. The summed E-state index contributed by atoms with van der Waals surface area (Å²) in [5, 5.41) is 6.06. The summed E-state index contributed by atoms with van der Waals surface area (Å²) in [5.74, 6) is 0.726. The van der Waals surface area contributed by atoms with Crippen molar-refractivity contribution in [2.75, 3.05) is 18.5 Å². The lowest BCUT2D eigenvalue weighted by atomic mass is 10.2. The molecule has 0 fully saturated rings. The van der Waals surface area contributed by atoms with Crippen molar-refractivity contribution in [2.24, 2.45) is 0 Å². The van der Waals surface area contributed by atoms with Crippen LogP contribution in [-0.2, 0) is 0 Å². The van der Waals surface area contributed by atoms with Crippen LogP contribution in [-0.4, -0.2) is 24.0 Å². The Bertz CT molecular complexity index is 612. The molecule has 1 aromatic heterocycles. The minimum Gasteiger partial charge on any atom is -0.494 e. The highest BCUT2D eigenvalue weighted by molar-refractivity contribution is 5.94. The van der Waals surface area contributed by atoms with E-state index in [-0.39, 0.29) is 5.91 Å². The van der Waals surface area contributed by atoms with E-state index in [4.69, 9.17) is 4.74 Å². The van der Waals surface area contributed by atoms with Gasteiger partial charge in [0.1, 0.15) is 5.75 Å². The Morgan fingerprint density at radius 2 is 1.91 bits per heavy atom. The van der Waals surface area contributed by atoms with Crippen molar-refractivity contribution in [3.05, 3.63) is 48.3 Å². The number of anilines is 2. The van der Waals surface area contributed by atoms with Crippen LogP contribution in [0.1, 0.15) is 30.6 Å². The van der Waals surface area contributed by atoms with Gasteiger partial charge in [0, 0.05) is 18.4 Å². The van der Waals surface area contributed by atoms with Crippen molar-refractivity contribution in [1.29, 1.82) is 0 Å². The Morgan fingerprint density at radius 1 is 1.14 bits per heavy atom.